The molecule has 4 aromatic rings. The van der Waals surface area contributed by atoms with Gasteiger partial charge in [0.1, 0.15) is 0 Å². The van der Waals surface area contributed by atoms with Crippen LogP contribution in [0.15, 0.2) is 67.8 Å². The van der Waals surface area contributed by atoms with Gasteiger partial charge in [0.2, 0.25) is 5.78 Å². The fourth-order valence-electron chi connectivity index (χ4n) is 3.85. The average molecular weight is 479 g/mol. The molecule has 0 aliphatic heterocycles. The number of alkyl halides is 3. The molecule has 0 radical (unpaired) electrons. The molecular formula is C23H19Cl2F3N4. The highest BCUT2D eigenvalue weighted by molar-refractivity contribution is 6.35. The molecule has 0 atom stereocenters. The summed E-state index contributed by atoms with van der Waals surface area (Å²) in [5, 5.41) is 0.731. The quantitative estimate of drug-likeness (QED) is 0.273. The second-order valence-electron chi connectivity index (χ2n) is 7.23. The van der Waals surface area contributed by atoms with Crippen molar-refractivity contribution in [3.8, 4) is 5.69 Å². The molecule has 4 rings (SSSR count). The number of hydrogen-bond donors (Lipinski definition) is 0. The van der Waals surface area contributed by atoms with Gasteiger partial charge in [-0.2, -0.15) is 13.2 Å². The Morgan fingerprint density at radius 1 is 1.00 bits per heavy atom. The maximum Gasteiger partial charge on any atom is 0.435 e. The van der Waals surface area contributed by atoms with Crippen LogP contribution >= 0.6 is 23.2 Å². The zero-order chi connectivity index (χ0) is 23.0. The van der Waals surface area contributed by atoms with Crippen molar-refractivity contribution in [1.82, 2.24) is 18.9 Å². The van der Waals surface area contributed by atoms with Gasteiger partial charge < -0.3 is 0 Å². The summed E-state index contributed by atoms with van der Waals surface area (Å²) in [4.78, 5) is 5.87. The lowest BCUT2D eigenvalue weighted by Crippen LogP contribution is -2.25. The van der Waals surface area contributed by atoms with Gasteiger partial charge in [-0.05, 0) is 30.3 Å². The number of benzene rings is 2. The van der Waals surface area contributed by atoms with Crippen LogP contribution in [0.4, 0.5) is 13.2 Å². The number of hydrogen-bond acceptors (Lipinski definition) is 2. The van der Waals surface area contributed by atoms with E-state index in [0.717, 1.165) is 0 Å². The van der Waals surface area contributed by atoms with Crippen molar-refractivity contribution >= 4 is 40.0 Å². The van der Waals surface area contributed by atoms with Gasteiger partial charge in [-0.25, -0.2) is 4.98 Å². The first-order valence-corrected chi connectivity index (χ1v) is 10.5. The highest BCUT2D eigenvalue weighted by atomic mass is 35.5. The maximum absolute atomic E-state index is 14.1. The first-order chi connectivity index (χ1) is 15.3. The third kappa shape index (κ3) is 3.92. The molecule has 2 heterocycles. The topological polar surface area (TPSA) is 25.5 Å². The van der Waals surface area contributed by atoms with Crippen LogP contribution in [-0.4, -0.2) is 31.9 Å². The maximum atomic E-state index is 14.1. The van der Waals surface area contributed by atoms with Crippen LogP contribution in [0.1, 0.15) is 11.4 Å². The molecule has 9 heteroatoms. The van der Waals surface area contributed by atoms with Crippen molar-refractivity contribution in [2.75, 3.05) is 13.1 Å². The summed E-state index contributed by atoms with van der Waals surface area (Å²) in [6.45, 7) is 8.22. The molecule has 0 saturated heterocycles. The number of imidazole rings is 2. The Balaban J connectivity index is 2.07. The summed E-state index contributed by atoms with van der Waals surface area (Å²) < 4.78 is 45.4. The molecule has 0 amide bonds. The van der Waals surface area contributed by atoms with Crippen LogP contribution in [0.3, 0.4) is 0 Å². The van der Waals surface area contributed by atoms with Gasteiger partial charge >= 0.3 is 6.18 Å². The average Bonchev–Trinajstić information content (AvgIpc) is 3.24. The molecule has 166 valence electrons. The molecule has 0 aliphatic carbocycles. The summed E-state index contributed by atoms with van der Waals surface area (Å²) in [7, 11) is 0. The largest absolute Gasteiger partial charge is 0.435 e. The molecule has 0 N–H and O–H groups in total. The van der Waals surface area contributed by atoms with Crippen LogP contribution in [0, 0.1) is 0 Å². The van der Waals surface area contributed by atoms with Crippen molar-refractivity contribution < 1.29 is 13.2 Å². The van der Waals surface area contributed by atoms with Gasteiger partial charge in [0.25, 0.3) is 0 Å². The van der Waals surface area contributed by atoms with Crippen LogP contribution in [0.2, 0.25) is 10.0 Å². The molecule has 0 spiro atoms. The summed E-state index contributed by atoms with van der Waals surface area (Å²) >= 11 is 12.5. The predicted octanol–water partition coefficient (Wildman–Crippen LogP) is 6.78. The summed E-state index contributed by atoms with van der Waals surface area (Å²) in [6, 6.07) is 12.0. The van der Waals surface area contributed by atoms with E-state index in [1.807, 2.05) is 12.1 Å². The lowest BCUT2D eigenvalue weighted by atomic mass is 10.2. The monoisotopic (exact) mass is 478 g/mol. The second-order valence-corrected chi connectivity index (χ2v) is 8.08. The Bertz CT molecular complexity index is 1310. The molecule has 2 aromatic heterocycles. The minimum atomic E-state index is -4.63. The summed E-state index contributed by atoms with van der Waals surface area (Å²) in [5.74, 6) is 0.120. The lowest BCUT2D eigenvalue weighted by molar-refractivity contribution is -0.141. The molecule has 0 unspecified atom stereocenters. The first-order valence-electron chi connectivity index (χ1n) is 9.73. The standard InChI is InChI=1S/C23H19Cl2F3N4/c1-3-11-30(12-4-2)14-20-21(23(26,27)28)29-22-31(17-10-9-15(24)13-16(17)25)18-7-5-6-8-19(18)32(20)22/h3-10,13H,1-2,11-12,14H2. The van der Waals surface area contributed by atoms with E-state index in [0.29, 0.717) is 39.9 Å². The van der Waals surface area contributed by atoms with Gasteiger partial charge in [-0.1, -0.05) is 47.5 Å². The van der Waals surface area contributed by atoms with Crippen molar-refractivity contribution in [2.24, 2.45) is 0 Å². The van der Waals surface area contributed by atoms with Crippen molar-refractivity contribution in [1.29, 1.82) is 0 Å². The second kappa shape index (κ2) is 8.65. The van der Waals surface area contributed by atoms with E-state index in [9.17, 15) is 13.2 Å². The lowest BCUT2D eigenvalue weighted by Gasteiger charge is -2.19. The molecule has 32 heavy (non-hydrogen) atoms. The number of nitrogens with zero attached hydrogens (tertiary/aromatic N) is 4. The third-order valence-electron chi connectivity index (χ3n) is 5.09. The number of fused-ring (bicyclic) bond motifs is 3. The number of aromatic nitrogens is 3. The molecule has 4 nitrogen and oxygen atoms in total. The van der Waals surface area contributed by atoms with E-state index in [4.69, 9.17) is 23.2 Å². The van der Waals surface area contributed by atoms with Gasteiger partial charge in [0.15, 0.2) is 5.69 Å². The Kier molecular flexibility index (Phi) is 6.07. The third-order valence-corrected chi connectivity index (χ3v) is 5.62. The van der Waals surface area contributed by atoms with Gasteiger partial charge in [0, 0.05) is 24.7 Å². The molecule has 0 aliphatic rings. The summed E-state index contributed by atoms with van der Waals surface area (Å²) in [6.07, 6.45) is -1.34. The van der Waals surface area contributed by atoms with Crippen molar-refractivity contribution in [3.05, 3.63) is 89.2 Å². The molecule has 0 saturated carbocycles. The number of halogens is 5. The Morgan fingerprint density at radius 2 is 1.66 bits per heavy atom. The minimum Gasteiger partial charge on any atom is -0.290 e. The van der Waals surface area contributed by atoms with Crippen LogP contribution in [-0.2, 0) is 12.7 Å². The van der Waals surface area contributed by atoms with Gasteiger partial charge in [-0.15, -0.1) is 13.2 Å². The normalized spacial score (nSPS) is 12.2. The Morgan fingerprint density at radius 3 is 2.25 bits per heavy atom. The van der Waals surface area contributed by atoms with Crippen LogP contribution in [0.5, 0.6) is 0 Å². The first kappa shape index (κ1) is 22.5. The molecule has 0 bridgehead atoms. The fraction of sp³-hybridized carbons (Fsp3) is 0.174. The highest BCUT2D eigenvalue weighted by Crippen LogP contribution is 2.37. The van der Waals surface area contributed by atoms with E-state index in [2.05, 4.69) is 18.1 Å². The van der Waals surface area contributed by atoms with E-state index < -0.39 is 11.9 Å². The van der Waals surface area contributed by atoms with E-state index >= 15 is 0 Å². The fourth-order valence-corrected chi connectivity index (χ4v) is 4.34. The van der Waals surface area contributed by atoms with E-state index in [1.54, 1.807) is 56.4 Å². The van der Waals surface area contributed by atoms with E-state index in [1.165, 1.54) is 0 Å². The van der Waals surface area contributed by atoms with Gasteiger partial charge in [-0.3, -0.25) is 13.9 Å². The van der Waals surface area contributed by atoms with E-state index in [-0.39, 0.29) is 18.0 Å². The SMILES string of the molecule is C=CCN(CC=C)Cc1c(C(F)(F)F)nc2n(-c3ccc(Cl)cc3Cl)c3ccccc3n12. The highest BCUT2D eigenvalue weighted by Gasteiger charge is 2.39. The number of para-hydroxylation sites is 2. The molecule has 2 aromatic carbocycles. The van der Waals surface area contributed by atoms with Crippen LogP contribution < -0.4 is 0 Å². The molecular weight excluding hydrogens is 460 g/mol. The zero-order valence-electron chi connectivity index (χ0n) is 16.9. The Labute approximate surface area is 192 Å². The predicted molar refractivity (Wildman–Crippen MR) is 123 cm³/mol. The van der Waals surface area contributed by atoms with Crippen molar-refractivity contribution in [3.63, 3.8) is 0 Å². The van der Waals surface area contributed by atoms with Crippen LogP contribution in [0.25, 0.3) is 22.5 Å². The zero-order valence-corrected chi connectivity index (χ0v) is 18.4. The Hall–Kier alpha value is -2.74. The summed E-state index contributed by atoms with van der Waals surface area (Å²) in [5.41, 5.74) is 0.852. The van der Waals surface area contributed by atoms with Crippen molar-refractivity contribution in [2.45, 2.75) is 12.7 Å². The minimum absolute atomic E-state index is 0.0103. The number of rotatable bonds is 7. The molecule has 0 fully saturated rings. The van der Waals surface area contributed by atoms with Gasteiger partial charge in [0.05, 0.1) is 27.4 Å². The smallest absolute Gasteiger partial charge is 0.290 e.